The van der Waals surface area contributed by atoms with Crippen molar-refractivity contribution < 1.29 is 17.9 Å². The molecular weight excluding hydrogens is 299 g/mol. The average molecular weight is 313 g/mol. The fraction of sp³-hybridized carbons (Fsp3) is 0.333. The standard InChI is InChI=1S/C15H14F3NOS/c1-2-11-4-6-14(21-11)13-8-9-7-10(20-15(16,17)18)3-5-12(9)19-13/h3-7,13,19H,2,8H2,1H3. The average Bonchev–Trinajstić information content (AvgIpc) is 3.02. The molecule has 1 unspecified atom stereocenters. The van der Waals surface area contributed by atoms with Crippen LogP contribution in [0.2, 0.25) is 0 Å². The predicted molar refractivity (Wildman–Crippen MR) is 76.9 cm³/mol. The van der Waals surface area contributed by atoms with Crippen molar-refractivity contribution in [2.75, 3.05) is 5.32 Å². The van der Waals surface area contributed by atoms with Crippen molar-refractivity contribution in [2.45, 2.75) is 32.2 Å². The van der Waals surface area contributed by atoms with Gasteiger partial charge in [0.25, 0.3) is 0 Å². The summed E-state index contributed by atoms with van der Waals surface area (Å²) in [6, 6.07) is 8.76. The van der Waals surface area contributed by atoms with Crippen LogP contribution >= 0.6 is 11.3 Å². The van der Waals surface area contributed by atoms with Crippen LogP contribution in [0, 0.1) is 0 Å². The van der Waals surface area contributed by atoms with Gasteiger partial charge in [0.1, 0.15) is 5.75 Å². The lowest BCUT2D eigenvalue weighted by Crippen LogP contribution is -2.17. The highest BCUT2D eigenvalue weighted by molar-refractivity contribution is 7.12. The lowest BCUT2D eigenvalue weighted by molar-refractivity contribution is -0.274. The number of hydrogen-bond donors (Lipinski definition) is 1. The van der Waals surface area contributed by atoms with E-state index in [1.165, 1.54) is 21.9 Å². The molecule has 1 aliphatic heterocycles. The summed E-state index contributed by atoms with van der Waals surface area (Å²) >= 11 is 1.74. The quantitative estimate of drug-likeness (QED) is 0.868. The largest absolute Gasteiger partial charge is 0.573 e. The number of rotatable bonds is 3. The fourth-order valence-corrected chi connectivity index (χ4v) is 3.48. The smallest absolute Gasteiger partial charge is 0.406 e. The van der Waals surface area contributed by atoms with E-state index in [4.69, 9.17) is 0 Å². The second-order valence-corrected chi connectivity index (χ2v) is 6.13. The lowest BCUT2D eigenvalue weighted by atomic mass is 10.1. The van der Waals surface area contributed by atoms with E-state index in [1.54, 1.807) is 17.4 Å². The second kappa shape index (κ2) is 5.26. The first-order valence-corrected chi connectivity index (χ1v) is 7.50. The third kappa shape index (κ3) is 3.15. The zero-order valence-electron chi connectivity index (χ0n) is 11.3. The van der Waals surface area contributed by atoms with E-state index in [0.717, 1.165) is 17.7 Å². The zero-order valence-corrected chi connectivity index (χ0v) is 12.1. The van der Waals surface area contributed by atoms with Crippen molar-refractivity contribution in [2.24, 2.45) is 0 Å². The maximum atomic E-state index is 12.2. The predicted octanol–water partition coefficient (Wildman–Crippen LogP) is 4.92. The third-order valence-corrected chi connectivity index (χ3v) is 4.78. The topological polar surface area (TPSA) is 21.3 Å². The maximum absolute atomic E-state index is 12.2. The molecule has 112 valence electrons. The molecule has 0 aliphatic carbocycles. The molecule has 0 spiro atoms. The number of halogens is 3. The number of aryl methyl sites for hydroxylation is 1. The molecule has 3 rings (SSSR count). The number of nitrogens with one attached hydrogen (secondary N) is 1. The highest BCUT2D eigenvalue weighted by Crippen LogP contribution is 2.39. The summed E-state index contributed by atoms with van der Waals surface area (Å²) in [5.41, 5.74) is 1.73. The first-order chi connectivity index (χ1) is 9.94. The van der Waals surface area contributed by atoms with Crippen molar-refractivity contribution in [3.05, 3.63) is 45.6 Å². The Morgan fingerprint density at radius 2 is 2.10 bits per heavy atom. The number of anilines is 1. The van der Waals surface area contributed by atoms with Crippen LogP contribution in [0.15, 0.2) is 30.3 Å². The summed E-state index contributed by atoms with van der Waals surface area (Å²) in [4.78, 5) is 2.52. The molecule has 0 amide bonds. The Labute approximate surface area is 124 Å². The molecule has 2 nitrogen and oxygen atoms in total. The molecule has 0 radical (unpaired) electrons. The van der Waals surface area contributed by atoms with E-state index in [0.29, 0.717) is 6.42 Å². The Morgan fingerprint density at radius 1 is 1.29 bits per heavy atom. The summed E-state index contributed by atoms with van der Waals surface area (Å²) in [7, 11) is 0. The maximum Gasteiger partial charge on any atom is 0.573 e. The lowest BCUT2D eigenvalue weighted by Gasteiger charge is -2.09. The molecule has 0 fully saturated rings. The van der Waals surface area contributed by atoms with Gasteiger partial charge in [-0.05, 0) is 48.7 Å². The van der Waals surface area contributed by atoms with E-state index in [1.807, 2.05) is 0 Å². The van der Waals surface area contributed by atoms with Gasteiger partial charge in [-0.25, -0.2) is 0 Å². The van der Waals surface area contributed by atoms with E-state index in [-0.39, 0.29) is 11.8 Å². The minimum absolute atomic E-state index is 0.131. The second-order valence-electron chi connectivity index (χ2n) is 4.93. The number of hydrogen-bond acceptors (Lipinski definition) is 3. The number of thiophene rings is 1. The Kier molecular flexibility index (Phi) is 3.57. The van der Waals surface area contributed by atoms with Crippen LogP contribution in [0.1, 0.15) is 28.3 Å². The van der Waals surface area contributed by atoms with Gasteiger partial charge in [0.05, 0.1) is 6.04 Å². The number of alkyl halides is 3. The van der Waals surface area contributed by atoms with E-state index < -0.39 is 6.36 Å². The van der Waals surface area contributed by atoms with Crippen molar-refractivity contribution in [3.63, 3.8) is 0 Å². The van der Waals surface area contributed by atoms with Crippen LogP contribution in [-0.4, -0.2) is 6.36 Å². The summed E-state index contributed by atoms with van der Waals surface area (Å²) in [5.74, 6) is -0.163. The monoisotopic (exact) mass is 313 g/mol. The molecule has 1 atom stereocenters. The summed E-state index contributed by atoms with van der Waals surface area (Å²) in [6.07, 6.45) is -2.98. The Balaban J connectivity index is 1.77. The van der Waals surface area contributed by atoms with Crippen LogP contribution in [-0.2, 0) is 12.8 Å². The van der Waals surface area contributed by atoms with E-state index in [2.05, 4.69) is 29.1 Å². The highest BCUT2D eigenvalue weighted by Gasteiger charge is 2.32. The number of ether oxygens (including phenoxy) is 1. The normalized spacial score (nSPS) is 17.4. The molecule has 1 N–H and O–H groups in total. The van der Waals surface area contributed by atoms with Crippen LogP contribution in [0.25, 0.3) is 0 Å². The molecule has 1 aliphatic rings. The van der Waals surface area contributed by atoms with Crippen molar-refractivity contribution in [3.8, 4) is 5.75 Å². The molecule has 21 heavy (non-hydrogen) atoms. The molecule has 1 aromatic carbocycles. The van der Waals surface area contributed by atoms with Gasteiger partial charge in [0, 0.05) is 15.4 Å². The number of benzene rings is 1. The van der Waals surface area contributed by atoms with Crippen molar-refractivity contribution >= 4 is 17.0 Å². The Hall–Kier alpha value is -1.69. The molecular formula is C15H14F3NOS. The van der Waals surface area contributed by atoms with Crippen LogP contribution in [0.4, 0.5) is 18.9 Å². The summed E-state index contributed by atoms with van der Waals surface area (Å²) in [5, 5.41) is 3.35. The van der Waals surface area contributed by atoms with Crippen LogP contribution in [0.3, 0.4) is 0 Å². The van der Waals surface area contributed by atoms with Gasteiger partial charge in [-0.1, -0.05) is 6.92 Å². The molecule has 6 heteroatoms. The summed E-state index contributed by atoms with van der Waals surface area (Å²) < 4.78 is 40.7. The van der Waals surface area contributed by atoms with E-state index >= 15 is 0 Å². The first kappa shape index (κ1) is 14.3. The SMILES string of the molecule is CCc1ccc(C2Cc3cc(OC(F)(F)F)ccc3N2)s1. The zero-order chi connectivity index (χ0) is 15.0. The van der Waals surface area contributed by atoms with Gasteiger partial charge in [-0.15, -0.1) is 24.5 Å². The van der Waals surface area contributed by atoms with Gasteiger partial charge in [-0.2, -0.15) is 0 Å². The fourth-order valence-electron chi connectivity index (χ4n) is 2.48. The third-order valence-electron chi connectivity index (χ3n) is 3.44. The van der Waals surface area contributed by atoms with Gasteiger partial charge < -0.3 is 10.1 Å². The minimum Gasteiger partial charge on any atom is -0.406 e. The van der Waals surface area contributed by atoms with Crippen LogP contribution < -0.4 is 10.1 Å². The molecule has 2 aromatic rings. The van der Waals surface area contributed by atoms with Gasteiger partial charge in [0.2, 0.25) is 0 Å². The van der Waals surface area contributed by atoms with Crippen LogP contribution in [0.5, 0.6) is 5.75 Å². The minimum atomic E-state index is -4.65. The van der Waals surface area contributed by atoms with Gasteiger partial charge in [-0.3, -0.25) is 0 Å². The molecule has 0 saturated carbocycles. The van der Waals surface area contributed by atoms with Crippen molar-refractivity contribution in [1.29, 1.82) is 0 Å². The van der Waals surface area contributed by atoms with Gasteiger partial charge >= 0.3 is 6.36 Å². The molecule has 0 bridgehead atoms. The Morgan fingerprint density at radius 3 is 2.76 bits per heavy atom. The number of fused-ring (bicyclic) bond motifs is 1. The van der Waals surface area contributed by atoms with Crippen molar-refractivity contribution in [1.82, 2.24) is 0 Å². The summed E-state index contributed by atoms with van der Waals surface area (Å²) in [6.45, 7) is 2.10. The first-order valence-electron chi connectivity index (χ1n) is 6.68. The molecule has 2 heterocycles. The molecule has 0 saturated heterocycles. The molecule has 1 aromatic heterocycles. The highest BCUT2D eigenvalue weighted by atomic mass is 32.1. The Bertz CT molecular complexity index is 651. The van der Waals surface area contributed by atoms with E-state index in [9.17, 15) is 13.2 Å². The van der Waals surface area contributed by atoms with Gasteiger partial charge in [0.15, 0.2) is 0 Å².